The summed E-state index contributed by atoms with van der Waals surface area (Å²) in [6.07, 6.45) is -9.28. The largest absolute Gasteiger partial charge is 0.456 e. The number of anilines is 1. The molecule has 144 valence electrons. The van der Waals surface area contributed by atoms with Gasteiger partial charge in [0.2, 0.25) is 0 Å². The number of carbonyl (C=O) groups excluding carboxylic acids is 2. The summed E-state index contributed by atoms with van der Waals surface area (Å²) in [5.74, 6) is -2.52. The van der Waals surface area contributed by atoms with E-state index in [0.29, 0.717) is 10.8 Å². The summed E-state index contributed by atoms with van der Waals surface area (Å²) >= 11 is 0. The first-order chi connectivity index (χ1) is 11.9. The van der Waals surface area contributed by atoms with Gasteiger partial charge in [-0.25, -0.2) is 4.79 Å². The third kappa shape index (κ3) is 3.95. The van der Waals surface area contributed by atoms with E-state index in [2.05, 4.69) is 4.98 Å². The minimum atomic E-state index is -4.87. The predicted octanol–water partition coefficient (Wildman–Crippen LogP) is 0.625. The lowest BCUT2D eigenvalue weighted by Gasteiger charge is -2.24. The second-order valence-corrected chi connectivity index (χ2v) is 5.61. The fraction of sp³-hybridized carbons (Fsp3) is 0.571. The smallest absolute Gasteiger partial charge is 0.421 e. The van der Waals surface area contributed by atoms with Crippen molar-refractivity contribution in [2.24, 2.45) is 0 Å². The number of halogens is 3. The number of carbonyl (C=O) groups is 2. The van der Waals surface area contributed by atoms with Crippen molar-refractivity contribution in [1.29, 1.82) is 0 Å². The summed E-state index contributed by atoms with van der Waals surface area (Å²) in [6.45, 7) is 3.60. The molecule has 26 heavy (non-hydrogen) atoms. The van der Waals surface area contributed by atoms with Crippen molar-refractivity contribution in [2.45, 2.75) is 51.5 Å². The van der Waals surface area contributed by atoms with Crippen LogP contribution in [0.25, 0.3) is 0 Å². The van der Waals surface area contributed by atoms with E-state index in [0.717, 1.165) is 13.8 Å². The van der Waals surface area contributed by atoms with Gasteiger partial charge < -0.3 is 19.9 Å². The SMILES string of the molecule is CC(=O)O[C@@H]1[C@H](OC(C)=O)[C@@H](C)O[C@H]1n1cc(C(F)(F)F)c(N)nc1=O. The topological polar surface area (TPSA) is 123 Å². The van der Waals surface area contributed by atoms with E-state index in [1.54, 1.807) is 0 Å². The molecule has 1 aliphatic heterocycles. The number of aromatic nitrogens is 2. The average molecular weight is 379 g/mol. The standard InChI is InChI=1S/C14H16F3N3O6/c1-5-9(25-6(2)21)10(26-7(3)22)12(24-5)20-4-8(14(15,16)17)11(18)19-13(20)23/h4-5,9-10,12H,1-3H3,(H2,18,19,23)/t5-,9-,10-,12-/m1/s1. The first-order valence-electron chi connectivity index (χ1n) is 7.37. The summed E-state index contributed by atoms with van der Waals surface area (Å²) in [5, 5.41) is 0. The number of alkyl halides is 3. The molecular weight excluding hydrogens is 363 g/mol. The van der Waals surface area contributed by atoms with Gasteiger partial charge in [-0.2, -0.15) is 18.2 Å². The van der Waals surface area contributed by atoms with Gasteiger partial charge in [-0.1, -0.05) is 0 Å². The molecular formula is C14H16F3N3O6. The van der Waals surface area contributed by atoms with Crippen LogP contribution in [0.15, 0.2) is 11.0 Å². The number of nitrogens with two attached hydrogens (primary N) is 1. The second kappa shape index (κ2) is 6.94. The number of rotatable bonds is 3. The van der Waals surface area contributed by atoms with E-state index in [9.17, 15) is 27.6 Å². The van der Waals surface area contributed by atoms with Gasteiger partial charge >= 0.3 is 23.8 Å². The molecule has 12 heteroatoms. The van der Waals surface area contributed by atoms with Gasteiger partial charge in [0, 0.05) is 20.0 Å². The highest BCUT2D eigenvalue weighted by molar-refractivity contribution is 5.67. The summed E-state index contributed by atoms with van der Waals surface area (Å²) in [5.41, 5.74) is 2.67. The number of esters is 2. The van der Waals surface area contributed by atoms with Crippen molar-refractivity contribution in [1.82, 2.24) is 9.55 Å². The van der Waals surface area contributed by atoms with Crippen molar-refractivity contribution in [3.8, 4) is 0 Å². The summed E-state index contributed by atoms with van der Waals surface area (Å²) in [6, 6.07) is 0. The molecule has 0 radical (unpaired) electrons. The molecule has 2 rings (SSSR count). The highest BCUT2D eigenvalue weighted by Gasteiger charge is 2.49. The van der Waals surface area contributed by atoms with Crippen LogP contribution in [-0.2, 0) is 30.0 Å². The highest BCUT2D eigenvalue weighted by Crippen LogP contribution is 2.36. The maximum absolute atomic E-state index is 13.0. The number of hydrogen-bond donors (Lipinski definition) is 1. The van der Waals surface area contributed by atoms with Crippen LogP contribution in [0.4, 0.5) is 19.0 Å². The Balaban J connectivity index is 2.53. The van der Waals surface area contributed by atoms with Crippen molar-refractivity contribution in [3.63, 3.8) is 0 Å². The molecule has 1 aliphatic rings. The number of nitrogens with zero attached hydrogens (tertiary/aromatic N) is 2. The van der Waals surface area contributed by atoms with Crippen LogP contribution in [0.1, 0.15) is 32.6 Å². The van der Waals surface area contributed by atoms with Crippen molar-refractivity contribution < 1.29 is 37.0 Å². The molecule has 0 amide bonds. The van der Waals surface area contributed by atoms with E-state index in [1.807, 2.05) is 0 Å². The Morgan fingerprint density at radius 1 is 1.23 bits per heavy atom. The molecule has 0 bridgehead atoms. The summed E-state index contributed by atoms with van der Waals surface area (Å²) < 4.78 is 55.1. The lowest BCUT2D eigenvalue weighted by atomic mass is 10.1. The zero-order valence-corrected chi connectivity index (χ0v) is 13.9. The van der Waals surface area contributed by atoms with Gasteiger partial charge in [-0.15, -0.1) is 0 Å². The first-order valence-corrected chi connectivity index (χ1v) is 7.37. The molecule has 1 fully saturated rings. The Bertz CT molecular complexity index is 778. The molecule has 9 nitrogen and oxygen atoms in total. The van der Waals surface area contributed by atoms with Crippen LogP contribution >= 0.6 is 0 Å². The third-order valence-corrected chi connectivity index (χ3v) is 3.59. The molecule has 1 aromatic rings. The highest BCUT2D eigenvalue weighted by atomic mass is 19.4. The molecule has 0 saturated carbocycles. The van der Waals surface area contributed by atoms with Crippen molar-refractivity contribution in [3.05, 3.63) is 22.2 Å². The van der Waals surface area contributed by atoms with E-state index in [1.165, 1.54) is 6.92 Å². The van der Waals surface area contributed by atoms with Gasteiger partial charge in [-0.3, -0.25) is 14.2 Å². The molecule has 0 unspecified atom stereocenters. The Morgan fingerprint density at radius 2 is 1.77 bits per heavy atom. The fourth-order valence-electron chi connectivity index (χ4n) is 2.58. The third-order valence-electron chi connectivity index (χ3n) is 3.59. The second-order valence-electron chi connectivity index (χ2n) is 5.61. The number of ether oxygens (including phenoxy) is 3. The van der Waals surface area contributed by atoms with E-state index in [4.69, 9.17) is 19.9 Å². The quantitative estimate of drug-likeness (QED) is 0.759. The van der Waals surface area contributed by atoms with Crippen LogP contribution in [0.2, 0.25) is 0 Å². The van der Waals surface area contributed by atoms with Crippen molar-refractivity contribution >= 4 is 17.8 Å². The molecule has 2 heterocycles. The zero-order valence-electron chi connectivity index (χ0n) is 13.9. The molecule has 1 saturated heterocycles. The minimum absolute atomic E-state index is 0.425. The zero-order chi connectivity index (χ0) is 19.8. The van der Waals surface area contributed by atoms with Crippen LogP contribution in [0, 0.1) is 0 Å². The molecule has 0 spiro atoms. The summed E-state index contributed by atoms with van der Waals surface area (Å²) in [7, 11) is 0. The van der Waals surface area contributed by atoms with Gasteiger partial charge in [-0.05, 0) is 6.92 Å². The molecule has 4 atom stereocenters. The maximum Gasteiger partial charge on any atom is 0.421 e. The van der Waals surface area contributed by atoms with E-state index in [-0.39, 0.29) is 0 Å². The normalized spacial score (nSPS) is 25.8. The van der Waals surface area contributed by atoms with Gasteiger partial charge in [0.05, 0.1) is 6.10 Å². The monoisotopic (exact) mass is 379 g/mol. The van der Waals surface area contributed by atoms with Crippen LogP contribution in [-0.4, -0.2) is 39.8 Å². The summed E-state index contributed by atoms with van der Waals surface area (Å²) in [4.78, 5) is 37.8. The Kier molecular flexibility index (Phi) is 5.26. The average Bonchev–Trinajstić information content (AvgIpc) is 2.73. The van der Waals surface area contributed by atoms with Crippen LogP contribution in [0.5, 0.6) is 0 Å². The molecule has 1 aromatic heterocycles. The Hall–Kier alpha value is -2.63. The fourth-order valence-corrected chi connectivity index (χ4v) is 2.58. The molecule has 0 aromatic carbocycles. The van der Waals surface area contributed by atoms with Gasteiger partial charge in [0.15, 0.2) is 18.4 Å². The maximum atomic E-state index is 13.0. The number of hydrogen-bond acceptors (Lipinski definition) is 8. The Labute approximate surface area is 144 Å². The van der Waals surface area contributed by atoms with E-state index < -0.39 is 59.7 Å². The lowest BCUT2D eigenvalue weighted by Crippen LogP contribution is -2.41. The minimum Gasteiger partial charge on any atom is -0.456 e. The van der Waals surface area contributed by atoms with Crippen LogP contribution in [0.3, 0.4) is 0 Å². The van der Waals surface area contributed by atoms with Crippen LogP contribution < -0.4 is 11.4 Å². The van der Waals surface area contributed by atoms with Gasteiger partial charge in [0.25, 0.3) is 0 Å². The molecule has 2 N–H and O–H groups in total. The van der Waals surface area contributed by atoms with Gasteiger partial charge in [0.1, 0.15) is 11.4 Å². The van der Waals surface area contributed by atoms with E-state index >= 15 is 0 Å². The predicted molar refractivity (Wildman–Crippen MR) is 78.6 cm³/mol. The molecule has 0 aliphatic carbocycles. The number of nitrogen functional groups attached to an aromatic ring is 1. The lowest BCUT2D eigenvalue weighted by molar-refractivity contribution is -0.165. The Morgan fingerprint density at radius 3 is 2.27 bits per heavy atom. The first kappa shape index (κ1) is 19.7. The van der Waals surface area contributed by atoms with Crippen molar-refractivity contribution in [2.75, 3.05) is 5.73 Å².